The number of unbranched alkanes of at least 4 members (excludes halogenated alkanes) is 10. The molecule has 17 heavy (non-hydrogen) atoms. The Bertz CT molecular complexity index is 176. The van der Waals surface area contributed by atoms with E-state index in [-0.39, 0.29) is 0 Å². The zero-order valence-corrected chi connectivity index (χ0v) is 11.8. The van der Waals surface area contributed by atoms with Crippen molar-refractivity contribution in [3.8, 4) is 0 Å². The predicted molar refractivity (Wildman–Crippen MR) is 80.1 cm³/mol. The van der Waals surface area contributed by atoms with E-state index in [2.05, 4.69) is 26.0 Å². The van der Waals surface area contributed by atoms with Gasteiger partial charge in [-0.25, -0.2) is 0 Å². The van der Waals surface area contributed by atoms with Crippen molar-refractivity contribution in [3.05, 3.63) is 31.2 Å². The van der Waals surface area contributed by atoms with E-state index in [0.29, 0.717) is 0 Å². The lowest BCUT2D eigenvalue weighted by Gasteiger charge is -2.01. The topological polar surface area (TPSA) is 0 Å². The van der Waals surface area contributed by atoms with Crippen LogP contribution in [0.25, 0.3) is 0 Å². The fourth-order valence-corrected chi connectivity index (χ4v) is 2.00. The molecule has 0 fully saturated rings. The number of rotatable bonds is 12. The van der Waals surface area contributed by atoms with Crippen molar-refractivity contribution in [3.63, 3.8) is 0 Å². The van der Waals surface area contributed by atoms with Crippen LogP contribution < -0.4 is 0 Å². The van der Waals surface area contributed by atoms with Gasteiger partial charge >= 0.3 is 0 Å². The first-order chi connectivity index (χ1) is 8.41. The highest BCUT2D eigenvalue weighted by atomic mass is 14.0. The molecular weight excluding hydrogens is 204 g/mol. The maximum absolute atomic E-state index is 3.65. The average molecular weight is 235 g/mol. The number of allylic oxidation sites excluding steroid dienone is 4. The van der Waals surface area contributed by atoms with E-state index in [1.807, 2.05) is 12.2 Å². The van der Waals surface area contributed by atoms with Crippen molar-refractivity contribution in [1.29, 1.82) is 0 Å². The van der Waals surface area contributed by atoms with Gasteiger partial charge in [-0.2, -0.15) is 0 Å². The summed E-state index contributed by atoms with van der Waals surface area (Å²) in [6, 6.07) is 0. The molecule has 0 aromatic carbocycles. The largest absolute Gasteiger partial charge is 0.0845 e. The van der Waals surface area contributed by atoms with Crippen molar-refractivity contribution >= 4 is 0 Å². The van der Waals surface area contributed by atoms with Crippen molar-refractivity contribution in [2.24, 2.45) is 0 Å². The summed E-state index contributed by atoms with van der Waals surface area (Å²) in [6.45, 7) is 5.93. The lowest BCUT2D eigenvalue weighted by Crippen LogP contribution is -1.81. The van der Waals surface area contributed by atoms with Gasteiger partial charge in [0, 0.05) is 0 Å². The summed E-state index contributed by atoms with van der Waals surface area (Å²) in [5.74, 6) is 0. The molecule has 0 aromatic heterocycles. The molecule has 0 nitrogen and oxygen atoms in total. The van der Waals surface area contributed by atoms with Crippen LogP contribution in [0.4, 0.5) is 0 Å². The molecule has 0 spiro atoms. The smallest absolute Gasteiger partial charge is 0.0313 e. The molecule has 99 valence electrons. The van der Waals surface area contributed by atoms with Gasteiger partial charge in [0.2, 0.25) is 0 Å². The van der Waals surface area contributed by atoms with Crippen molar-refractivity contribution in [2.45, 2.75) is 77.6 Å². The first kappa shape index (κ1) is 16.5. The van der Waals surface area contributed by atoms with Gasteiger partial charge in [-0.05, 0) is 19.8 Å². The SMILES string of the molecule is [CH2]/C=C/C=C/CCCCCCCCCCCC. The first-order valence-corrected chi connectivity index (χ1v) is 7.52. The quantitative estimate of drug-likeness (QED) is 0.277. The van der Waals surface area contributed by atoms with Crippen molar-refractivity contribution in [1.82, 2.24) is 0 Å². The van der Waals surface area contributed by atoms with Crippen LogP contribution in [0, 0.1) is 6.92 Å². The van der Waals surface area contributed by atoms with Gasteiger partial charge < -0.3 is 0 Å². The highest BCUT2D eigenvalue weighted by molar-refractivity contribution is 5.03. The minimum atomic E-state index is 1.22. The fraction of sp³-hybridized carbons (Fsp3) is 0.706. The van der Waals surface area contributed by atoms with Crippen LogP contribution in [0.5, 0.6) is 0 Å². The van der Waals surface area contributed by atoms with E-state index < -0.39 is 0 Å². The highest BCUT2D eigenvalue weighted by Gasteiger charge is 1.91. The molecule has 0 N–H and O–H groups in total. The molecule has 0 heterocycles. The number of hydrogen-bond acceptors (Lipinski definition) is 0. The van der Waals surface area contributed by atoms with Crippen LogP contribution in [-0.4, -0.2) is 0 Å². The van der Waals surface area contributed by atoms with E-state index in [4.69, 9.17) is 0 Å². The Hall–Kier alpha value is -0.520. The predicted octanol–water partition coefficient (Wildman–Crippen LogP) is 6.24. The minimum absolute atomic E-state index is 1.22. The molecular formula is C17H31. The van der Waals surface area contributed by atoms with Gasteiger partial charge in [-0.3, -0.25) is 0 Å². The molecule has 0 saturated carbocycles. The molecule has 0 amide bonds. The van der Waals surface area contributed by atoms with Crippen LogP contribution in [-0.2, 0) is 0 Å². The fourth-order valence-electron chi connectivity index (χ4n) is 2.00. The third-order valence-corrected chi connectivity index (χ3v) is 3.11. The molecule has 0 rings (SSSR count). The Morgan fingerprint density at radius 3 is 1.76 bits per heavy atom. The monoisotopic (exact) mass is 235 g/mol. The maximum atomic E-state index is 3.65. The van der Waals surface area contributed by atoms with Crippen LogP contribution in [0.3, 0.4) is 0 Å². The zero-order valence-electron chi connectivity index (χ0n) is 11.8. The lowest BCUT2D eigenvalue weighted by molar-refractivity contribution is 0.557. The third-order valence-electron chi connectivity index (χ3n) is 3.11. The Morgan fingerprint density at radius 1 is 0.706 bits per heavy atom. The molecule has 1 radical (unpaired) electrons. The van der Waals surface area contributed by atoms with E-state index in [1.165, 1.54) is 70.6 Å². The summed E-state index contributed by atoms with van der Waals surface area (Å²) in [4.78, 5) is 0. The van der Waals surface area contributed by atoms with Crippen LogP contribution in [0.2, 0.25) is 0 Å². The molecule has 0 heteroatoms. The highest BCUT2D eigenvalue weighted by Crippen LogP contribution is 2.11. The first-order valence-electron chi connectivity index (χ1n) is 7.52. The van der Waals surface area contributed by atoms with Crippen LogP contribution >= 0.6 is 0 Å². The van der Waals surface area contributed by atoms with Gasteiger partial charge in [0.1, 0.15) is 0 Å². The second kappa shape index (κ2) is 15.5. The van der Waals surface area contributed by atoms with Gasteiger partial charge in [-0.1, -0.05) is 89.0 Å². The second-order valence-electron chi connectivity index (χ2n) is 4.83. The maximum Gasteiger partial charge on any atom is -0.0313 e. The van der Waals surface area contributed by atoms with Crippen LogP contribution in [0.1, 0.15) is 77.6 Å². The lowest BCUT2D eigenvalue weighted by atomic mass is 10.1. The average Bonchev–Trinajstić information content (AvgIpc) is 2.35. The Kier molecular flexibility index (Phi) is 15.0. The summed E-state index contributed by atoms with van der Waals surface area (Å²) in [5.41, 5.74) is 0. The van der Waals surface area contributed by atoms with E-state index in [9.17, 15) is 0 Å². The second-order valence-corrected chi connectivity index (χ2v) is 4.83. The Balaban J connectivity index is 2.98. The minimum Gasteiger partial charge on any atom is -0.0845 e. The Morgan fingerprint density at radius 2 is 1.24 bits per heavy atom. The Labute approximate surface area is 109 Å². The third kappa shape index (κ3) is 15.5. The molecule has 0 atom stereocenters. The van der Waals surface area contributed by atoms with E-state index >= 15 is 0 Å². The van der Waals surface area contributed by atoms with Crippen molar-refractivity contribution in [2.75, 3.05) is 0 Å². The van der Waals surface area contributed by atoms with Gasteiger partial charge in [0.05, 0.1) is 0 Å². The molecule has 0 aliphatic heterocycles. The molecule has 0 aliphatic carbocycles. The summed E-state index contributed by atoms with van der Waals surface area (Å²) in [6.07, 6.45) is 23.6. The van der Waals surface area contributed by atoms with Gasteiger partial charge in [0.15, 0.2) is 0 Å². The molecule has 0 aliphatic rings. The van der Waals surface area contributed by atoms with E-state index in [1.54, 1.807) is 0 Å². The molecule has 0 saturated heterocycles. The summed E-state index contributed by atoms with van der Waals surface area (Å²) >= 11 is 0. The van der Waals surface area contributed by atoms with Gasteiger partial charge in [-0.15, -0.1) is 0 Å². The van der Waals surface area contributed by atoms with Gasteiger partial charge in [0.25, 0.3) is 0 Å². The normalized spacial score (nSPS) is 11.9. The van der Waals surface area contributed by atoms with E-state index in [0.717, 1.165) is 0 Å². The summed E-state index contributed by atoms with van der Waals surface area (Å²) in [5, 5.41) is 0. The summed E-state index contributed by atoms with van der Waals surface area (Å²) in [7, 11) is 0. The van der Waals surface area contributed by atoms with Crippen molar-refractivity contribution < 1.29 is 0 Å². The zero-order chi connectivity index (χ0) is 12.6. The molecule has 0 bridgehead atoms. The number of hydrogen-bond donors (Lipinski definition) is 0. The van der Waals surface area contributed by atoms with Crippen LogP contribution in [0.15, 0.2) is 24.3 Å². The molecule has 0 unspecified atom stereocenters. The standard InChI is InChI=1S/C17H31/c1-3-5-7-9-11-13-15-17-16-14-12-10-8-6-4-2/h3,5,7,9H,1,4,6,8,10-17H2,2H3/b5-3+,9-7+. The summed E-state index contributed by atoms with van der Waals surface area (Å²) < 4.78 is 0. The molecule has 0 aromatic rings.